The highest BCUT2D eigenvalue weighted by atomic mass is 35.5. The fourth-order valence-corrected chi connectivity index (χ4v) is 3.55. The Bertz CT molecular complexity index is 677. The third-order valence-electron chi connectivity index (χ3n) is 4.09. The molecule has 1 aliphatic rings. The lowest BCUT2D eigenvalue weighted by Crippen LogP contribution is -2.48. The average molecular weight is 388 g/mol. The Labute approximate surface area is 159 Å². The third-order valence-corrected chi connectivity index (χ3v) is 5.10. The number of halogens is 2. The lowest BCUT2D eigenvalue weighted by molar-refractivity contribution is 0.0914. The average Bonchev–Trinajstić information content (AvgIpc) is 2.96. The zero-order valence-corrected chi connectivity index (χ0v) is 16.2. The SMILES string of the molecule is Cc1csc(-c2cccc(C(=O)NC3CCNCC3C)c2)n1.Cl.Cl. The van der Waals surface area contributed by atoms with Crippen LogP contribution in [0, 0.1) is 12.8 Å². The van der Waals surface area contributed by atoms with Crippen LogP contribution in [0.1, 0.15) is 29.4 Å². The van der Waals surface area contributed by atoms with Gasteiger partial charge in [0.05, 0.1) is 0 Å². The minimum Gasteiger partial charge on any atom is -0.349 e. The summed E-state index contributed by atoms with van der Waals surface area (Å²) in [5.74, 6) is 0.469. The van der Waals surface area contributed by atoms with E-state index < -0.39 is 0 Å². The fraction of sp³-hybridized carbons (Fsp3) is 0.412. The van der Waals surface area contributed by atoms with Crippen molar-refractivity contribution in [3.8, 4) is 10.6 Å². The van der Waals surface area contributed by atoms with E-state index in [0.29, 0.717) is 11.5 Å². The molecule has 2 heterocycles. The molecule has 0 radical (unpaired) electrons. The summed E-state index contributed by atoms with van der Waals surface area (Å²) < 4.78 is 0. The number of rotatable bonds is 3. The van der Waals surface area contributed by atoms with Crippen molar-refractivity contribution in [1.29, 1.82) is 0 Å². The van der Waals surface area contributed by atoms with Crippen molar-refractivity contribution in [3.63, 3.8) is 0 Å². The summed E-state index contributed by atoms with van der Waals surface area (Å²) in [6.07, 6.45) is 0.984. The van der Waals surface area contributed by atoms with Gasteiger partial charge in [-0.1, -0.05) is 19.1 Å². The highest BCUT2D eigenvalue weighted by Gasteiger charge is 2.23. The topological polar surface area (TPSA) is 54.0 Å². The number of thiazole rings is 1. The summed E-state index contributed by atoms with van der Waals surface area (Å²) in [5, 5.41) is 9.51. The van der Waals surface area contributed by atoms with Crippen LogP contribution in [0.25, 0.3) is 10.6 Å². The number of nitrogens with one attached hydrogen (secondary N) is 2. The van der Waals surface area contributed by atoms with Crippen LogP contribution in [0.15, 0.2) is 29.6 Å². The van der Waals surface area contributed by atoms with Crippen LogP contribution < -0.4 is 10.6 Å². The van der Waals surface area contributed by atoms with Gasteiger partial charge in [-0.3, -0.25) is 4.79 Å². The minimum absolute atomic E-state index is 0. The number of hydrogen-bond acceptors (Lipinski definition) is 4. The van der Waals surface area contributed by atoms with Gasteiger partial charge in [0.25, 0.3) is 5.91 Å². The molecule has 2 unspecified atom stereocenters. The number of benzene rings is 1. The predicted molar refractivity (Wildman–Crippen MR) is 105 cm³/mol. The molecule has 4 nitrogen and oxygen atoms in total. The van der Waals surface area contributed by atoms with Gasteiger partial charge < -0.3 is 10.6 Å². The molecule has 0 spiro atoms. The summed E-state index contributed by atoms with van der Waals surface area (Å²) >= 11 is 1.61. The maximum Gasteiger partial charge on any atom is 0.251 e. The van der Waals surface area contributed by atoms with Gasteiger partial charge in [0, 0.05) is 28.2 Å². The largest absolute Gasteiger partial charge is 0.349 e. The van der Waals surface area contributed by atoms with Gasteiger partial charge in [-0.2, -0.15) is 0 Å². The zero-order chi connectivity index (χ0) is 15.5. The summed E-state index contributed by atoms with van der Waals surface area (Å²) in [4.78, 5) is 17.0. The van der Waals surface area contributed by atoms with Gasteiger partial charge in [-0.05, 0) is 44.5 Å². The van der Waals surface area contributed by atoms with Crippen LogP contribution in [-0.4, -0.2) is 30.0 Å². The van der Waals surface area contributed by atoms with Crippen LogP contribution in [0.3, 0.4) is 0 Å². The first-order valence-corrected chi connectivity index (χ1v) is 8.55. The van der Waals surface area contributed by atoms with Crippen molar-refractivity contribution >= 4 is 42.1 Å². The van der Waals surface area contributed by atoms with Crippen molar-refractivity contribution in [1.82, 2.24) is 15.6 Å². The minimum atomic E-state index is 0. The Morgan fingerprint density at radius 2 is 2.17 bits per heavy atom. The first kappa shape index (κ1) is 20.9. The van der Waals surface area contributed by atoms with Crippen molar-refractivity contribution < 1.29 is 4.79 Å². The Morgan fingerprint density at radius 3 is 2.83 bits per heavy atom. The molecule has 0 aliphatic carbocycles. The first-order chi connectivity index (χ1) is 10.6. The predicted octanol–water partition coefficient (Wildman–Crippen LogP) is 3.69. The third kappa shape index (κ3) is 4.93. The summed E-state index contributed by atoms with van der Waals surface area (Å²) in [7, 11) is 0. The van der Waals surface area contributed by atoms with E-state index >= 15 is 0 Å². The van der Waals surface area contributed by atoms with Crippen molar-refractivity contribution in [2.75, 3.05) is 13.1 Å². The van der Waals surface area contributed by atoms with Crippen LogP contribution in [0.5, 0.6) is 0 Å². The van der Waals surface area contributed by atoms with Crippen LogP contribution in [0.4, 0.5) is 0 Å². The van der Waals surface area contributed by atoms with Crippen molar-refractivity contribution in [2.24, 2.45) is 5.92 Å². The molecule has 1 aliphatic heterocycles. The van der Waals surface area contributed by atoms with Gasteiger partial charge in [0.2, 0.25) is 0 Å². The second-order valence-corrected chi connectivity index (χ2v) is 6.78. The molecular formula is C17H23Cl2N3OS. The Morgan fingerprint density at radius 1 is 1.38 bits per heavy atom. The van der Waals surface area contributed by atoms with E-state index in [1.54, 1.807) is 11.3 Å². The summed E-state index contributed by atoms with van der Waals surface area (Å²) in [6, 6.07) is 7.97. The molecule has 1 fully saturated rings. The monoisotopic (exact) mass is 387 g/mol. The standard InChI is InChI=1S/C17H21N3OS.2ClH/c1-11-9-18-7-6-15(11)20-16(21)13-4-3-5-14(8-13)17-19-12(2)10-22-17;;/h3-5,8,10-11,15,18H,6-7,9H2,1-2H3,(H,20,21);2*1H. The molecule has 1 saturated heterocycles. The molecule has 1 aromatic carbocycles. The van der Waals surface area contributed by atoms with Crippen molar-refractivity contribution in [3.05, 3.63) is 40.9 Å². The van der Waals surface area contributed by atoms with Crippen LogP contribution >= 0.6 is 36.2 Å². The smallest absolute Gasteiger partial charge is 0.251 e. The van der Waals surface area contributed by atoms with Crippen LogP contribution in [0.2, 0.25) is 0 Å². The van der Waals surface area contributed by atoms with Gasteiger partial charge in [0.1, 0.15) is 5.01 Å². The van der Waals surface area contributed by atoms with E-state index in [1.165, 1.54) is 0 Å². The number of hydrogen-bond donors (Lipinski definition) is 2. The molecule has 7 heteroatoms. The quantitative estimate of drug-likeness (QED) is 0.843. The van der Waals surface area contributed by atoms with E-state index in [0.717, 1.165) is 35.8 Å². The van der Waals surface area contributed by atoms with Gasteiger partial charge >= 0.3 is 0 Å². The van der Waals surface area contributed by atoms with Gasteiger partial charge in [0.15, 0.2) is 0 Å². The number of aromatic nitrogens is 1. The Hall–Kier alpha value is -1.14. The van der Waals surface area contributed by atoms with Crippen molar-refractivity contribution in [2.45, 2.75) is 26.3 Å². The number of piperidine rings is 1. The van der Waals surface area contributed by atoms with Crippen LogP contribution in [-0.2, 0) is 0 Å². The number of amides is 1. The normalized spacial score (nSPS) is 19.8. The van der Waals surface area contributed by atoms with Gasteiger partial charge in [-0.25, -0.2) is 4.98 Å². The number of carbonyl (C=O) groups excluding carboxylic acids is 1. The molecular weight excluding hydrogens is 365 g/mol. The molecule has 2 atom stereocenters. The highest BCUT2D eigenvalue weighted by molar-refractivity contribution is 7.13. The molecule has 2 N–H and O–H groups in total. The molecule has 1 amide bonds. The molecule has 3 rings (SSSR count). The lowest BCUT2D eigenvalue weighted by atomic mass is 9.95. The van der Waals surface area contributed by atoms with E-state index in [9.17, 15) is 4.79 Å². The summed E-state index contributed by atoms with van der Waals surface area (Å²) in [6.45, 7) is 6.08. The molecule has 1 aromatic heterocycles. The summed E-state index contributed by atoms with van der Waals surface area (Å²) in [5.41, 5.74) is 2.72. The fourth-order valence-electron chi connectivity index (χ4n) is 2.76. The molecule has 0 saturated carbocycles. The number of aryl methyl sites for hydroxylation is 1. The second-order valence-electron chi connectivity index (χ2n) is 5.92. The second kappa shape index (κ2) is 9.37. The molecule has 132 valence electrons. The Kier molecular flexibility index (Phi) is 8.16. The number of carbonyl (C=O) groups is 1. The first-order valence-electron chi connectivity index (χ1n) is 7.67. The van der Waals surface area contributed by atoms with E-state index in [4.69, 9.17) is 0 Å². The maximum atomic E-state index is 12.5. The zero-order valence-electron chi connectivity index (χ0n) is 13.7. The highest BCUT2D eigenvalue weighted by Crippen LogP contribution is 2.24. The maximum absolute atomic E-state index is 12.5. The molecule has 2 aromatic rings. The van der Waals surface area contributed by atoms with Gasteiger partial charge in [-0.15, -0.1) is 36.2 Å². The van der Waals surface area contributed by atoms with E-state index in [2.05, 4.69) is 22.5 Å². The van der Waals surface area contributed by atoms with E-state index in [1.807, 2.05) is 36.6 Å². The lowest BCUT2D eigenvalue weighted by Gasteiger charge is -2.30. The Balaban J connectivity index is 0.00000144. The van der Waals surface area contributed by atoms with E-state index in [-0.39, 0.29) is 36.8 Å². The number of nitrogens with zero attached hydrogens (tertiary/aromatic N) is 1. The molecule has 0 bridgehead atoms. The molecule has 24 heavy (non-hydrogen) atoms.